The standard InChI is InChI=1S/C56H30Cl12N12O4/c1-77-13-5-9-21(17-77)81-45-37(61)29-25(33(57)41(45)65)49-69-53(29)73-50-26-30(38(62)46(42(66)34(26)58)82-22-10-6-14-78(2)18-22)55(70-50)75-52-28-32(40(64)48(44(68)36(28)60)84-24-12-8-16-80(4)20-24)56(72-52)76-51-27-31(54(71-51)74-49)39(63)47(43(67)35(27)59)83-23-11-7-15-79(3)19-23/h5-20H,1-4H3,(H2,69,70,71,72,73,74,75,76)/q+4. The van der Waals surface area contributed by atoms with Gasteiger partial charge in [0.1, 0.15) is 70.9 Å². The third kappa shape index (κ3) is 9.55. The Morgan fingerprint density at radius 1 is 0.298 bits per heavy atom. The van der Waals surface area contributed by atoms with Gasteiger partial charge in [0.25, 0.3) is 0 Å². The molecule has 0 saturated carbocycles. The summed E-state index contributed by atoms with van der Waals surface area (Å²) in [4.78, 5) is 37.1. The molecule has 7 aromatic heterocycles. The van der Waals surface area contributed by atoms with Crippen LogP contribution >= 0.6 is 139 Å². The third-order valence-electron chi connectivity index (χ3n) is 13.3. The van der Waals surface area contributed by atoms with Crippen LogP contribution in [0.2, 0.25) is 60.3 Å². The van der Waals surface area contributed by atoms with E-state index in [-0.39, 0.29) is 173 Å². The Morgan fingerprint density at radius 2 is 0.536 bits per heavy atom. The van der Waals surface area contributed by atoms with Gasteiger partial charge < -0.3 is 28.9 Å². The second-order valence-electron chi connectivity index (χ2n) is 18.9. The summed E-state index contributed by atoms with van der Waals surface area (Å²) in [6, 6.07) is 14.0. The summed E-state index contributed by atoms with van der Waals surface area (Å²) in [5.74, 6) is 0.969. The van der Waals surface area contributed by atoms with E-state index in [1.54, 1.807) is 91.6 Å². The van der Waals surface area contributed by atoms with Crippen LogP contribution in [0.3, 0.4) is 0 Å². The van der Waals surface area contributed by atoms with Crippen molar-refractivity contribution >= 4 is 183 Å². The number of hydrogen-bond acceptors (Lipinski definition) is 10. The van der Waals surface area contributed by atoms with E-state index in [2.05, 4.69) is 9.97 Å². The third-order valence-corrected chi connectivity index (χ3v) is 18.0. The first kappa shape index (κ1) is 56.6. The van der Waals surface area contributed by atoms with Crippen molar-refractivity contribution in [3.05, 3.63) is 158 Å². The van der Waals surface area contributed by atoms with Gasteiger partial charge in [-0.3, -0.25) is 0 Å². The molecule has 0 radical (unpaired) electrons. The quantitative estimate of drug-likeness (QED) is 0.111. The molecule has 84 heavy (non-hydrogen) atoms. The second-order valence-corrected chi connectivity index (χ2v) is 23.5. The SMILES string of the molecule is C[n+]1cccc(Oc2c(Cl)c(Cl)c3c(c2Cl)-c2nc-3nc3[nH]c(nc4nc(nc5[nH]c(n2)c2c(Cl)c(Cl)c(Oc6ccc[n+](C)c6)c(Cl)c52)-c2c(Cl)c(Cl)c(Oc5ccc[n+](C)c5)c(Cl)c2-4)c2c(Cl)c(Cl)c(Oc4ccc[n+](C)c4)c(Cl)c32)c1. The molecule has 0 unspecified atom stereocenters. The van der Waals surface area contributed by atoms with Gasteiger partial charge in [0.2, 0.25) is 24.8 Å². The van der Waals surface area contributed by atoms with Gasteiger partial charge in [-0.2, -0.15) is 0 Å². The van der Waals surface area contributed by atoms with Gasteiger partial charge in [0.15, 0.2) is 94.1 Å². The summed E-state index contributed by atoms with van der Waals surface area (Å²) in [7, 11) is 7.28. The van der Waals surface area contributed by atoms with Crippen LogP contribution in [0.1, 0.15) is 0 Å². The Bertz CT molecular complexity index is 4630. The van der Waals surface area contributed by atoms with Gasteiger partial charge in [-0.15, -0.1) is 0 Å². The lowest BCUT2D eigenvalue weighted by atomic mass is 10.1. The zero-order valence-electron chi connectivity index (χ0n) is 42.9. The van der Waals surface area contributed by atoms with Crippen LogP contribution in [0.25, 0.3) is 89.7 Å². The average Bonchev–Trinajstić information content (AvgIpc) is 1.72. The largest absolute Gasteiger partial charge is 0.448 e. The number of hydrogen-bond donors (Lipinski definition) is 2. The highest BCUT2D eigenvalue weighted by Gasteiger charge is 2.36. The van der Waals surface area contributed by atoms with Crippen molar-refractivity contribution in [2.45, 2.75) is 0 Å². The molecule has 0 amide bonds. The van der Waals surface area contributed by atoms with E-state index in [0.717, 1.165) is 0 Å². The van der Waals surface area contributed by atoms with E-state index >= 15 is 0 Å². The maximum Gasteiger partial charge on any atom is 0.211 e. The van der Waals surface area contributed by atoms with Crippen molar-refractivity contribution in [3.63, 3.8) is 0 Å². The molecule has 9 heterocycles. The number of aromatic amines is 2. The second kappa shape index (κ2) is 21.8. The zero-order valence-corrected chi connectivity index (χ0v) is 51.9. The fourth-order valence-corrected chi connectivity index (χ4v) is 13.0. The van der Waals surface area contributed by atoms with Gasteiger partial charge in [0.05, 0.1) is 84.0 Å². The van der Waals surface area contributed by atoms with E-state index in [4.69, 9.17) is 188 Å². The van der Waals surface area contributed by atoms with Gasteiger partial charge in [0, 0.05) is 24.3 Å². The first-order chi connectivity index (χ1) is 40.2. The number of rotatable bonds is 8. The molecule has 13 rings (SSSR count). The number of aryl methyl sites for hydroxylation is 4. The van der Waals surface area contributed by atoms with E-state index in [1.807, 2.05) is 53.0 Å². The molecule has 4 aromatic carbocycles. The van der Waals surface area contributed by atoms with Crippen molar-refractivity contribution in [3.8, 4) is 91.5 Å². The number of pyridine rings is 4. The fraction of sp³-hybridized carbons (Fsp3) is 0.0714. The Hall–Kier alpha value is -6.48. The maximum atomic E-state index is 7.47. The van der Waals surface area contributed by atoms with E-state index in [1.165, 1.54) is 0 Å². The zero-order chi connectivity index (χ0) is 58.9. The van der Waals surface area contributed by atoms with Gasteiger partial charge in [-0.05, 0) is 24.3 Å². The Balaban J connectivity index is 1.20. The minimum absolute atomic E-state index is 0.00285. The number of fused-ring (bicyclic) bond motifs is 20. The monoisotopic (exact) mass is 1350 g/mol. The predicted molar refractivity (Wildman–Crippen MR) is 327 cm³/mol. The van der Waals surface area contributed by atoms with Gasteiger partial charge in [-0.1, -0.05) is 139 Å². The van der Waals surface area contributed by atoms with Crippen molar-refractivity contribution < 1.29 is 37.2 Å². The number of nitrogens with one attached hydrogen (secondary N) is 2. The number of halogens is 12. The van der Waals surface area contributed by atoms with Crippen molar-refractivity contribution in [1.29, 1.82) is 0 Å². The Morgan fingerprint density at radius 3 is 0.810 bits per heavy atom. The topological polar surface area (TPSA) is 161 Å². The molecule has 0 spiro atoms. The average molecular weight is 1360 g/mol. The minimum atomic E-state index is -0.0917. The van der Waals surface area contributed by atoms with Gasteiger partial charge in [-0.25, -0.2) is 48.2 Å². The number of aromatic nitrogens is 12. The normalized spacial score (nSPS) is 11.8. The smallest absolute Gasteiger partial charge is 0.211 e. The van der Waals surface area contributed by atoms with Crippen molar-refractivity contribution in [2.75, 3.05) is 0 Å². The Labute approximate surface area is 534 Å². The molecule has 16 nitrogen and oxygen atoms in total. The van der Waals surface area contributed by atoms with Gasteiger partial charge >= 0.3 is 0 Å². The van der Waals surface area contributed by atoms with Crippen LogP contribution in [0.4, 0.5) is 0 Å². The number of ether oxygens (including phenoxy) is 4. The van der Waals surface area contributed by atoms with E-state index in [9.17, 15) is 0 Å². The highest BCUT2D eigenvalue weighted by molar-refractivity contribution is 6.53. The lowest BCUT2D eigenvalue weighted by molar-refractivity contribution is -0.671. The molecule has 0 saturated heterocycles. The Kier molecular flexibility index (Phi) is 14.7. The highest BCUT2D eigenvalue weighted by Crippen LogP contribution is 2.57. The molecule has 0 atom stereocenters. The summed E-state index contributed by atoms with van der Waals surface area (Å²) in [6.45, 7) is 0. The van der Waals surface area contributed by atoms with Crippen LogP contribution < -0.4 is 37.2 Å². The maximum absolute atomic E-state index is 7.47. The van der Waals surface area contributed by atoms with E-state index in [0.29, 0.717) is 23.0 Å². The lowest BCUT2D eigenvalue weighted by Crippen LogP contribution is -2.25. The lowest BCUT2D eigenvalue weighted by Gasteiger charge is -2.14. The summed E-state index contributed by atoms with van der Waals surface area (Å²) in [6.07, 6.45) is 14.1. The number of benzene rings is 4. The van der Waals surface area contributed by atoms with Crippen molar-refractivity contribution in [1.82, 2.24) is 39.9 Å². The molecule has 0 fully saturated rings. The van der Waals surface area contributed by atoms with Crippen LogP contribution in [0.15, 0.2) is 98.1 Å². The summed E-state index contributed by atoms with van der Waals surface area (Å²) in [5.41, 5.74) is 0.464. The van der Waals surface area contributed by atoms with Crippen LogP contribution in [0.5, 0.6) is 46.0 Å². The molecular weight excluding hydrogens is 1330 g/mol. The summed E-state index contributed by atoms with van der Waals surface area (Å²) >= 11 is 88.0. The number of nitrogens with zero attached hydrogens (tertiary/aromatic N) is 10. The van der Waals surface area contributed by atoms with Crippen LogP contribution in [-0.2, 0) is 28.2 Å². The first-order valence-electron chi connectivity index (χ1n) is 24.4. The molecule has 0 aliphatic carbocycles. The van der Waals surface area contributed by atoms with Crippen LogP contribution in [-0.4, -0.2) is 39.9 Å². The van der Waals surface area contributed by atoms with E-state index < -0.39 is 0 Å². The van der Waals surface area contributed by atoms with Crippen molar-refractivity contribution in [2.24, 2.45) is 28.2 Å². The highest BCUT2D eigenvalue weighted by atomic mass is 35.5. The fourth-order valence-electron chi connectivity index (χ4n) is 9.58. The summed E-state index contributed by atoms with van der Waals surface area (Å²) in [5, 5.41) is -0.289. The predicted octanol–water partition coefficient (Wildman–Crippen LogP) is 17.2. The minimum Gasteiger partial charge on any atom is -0.448 e. The molecule has 2 N–H and O–H groups in total. The number of H-pyrrole nitrogens is 2. The molecule has 418 valence electrons. The molecule has 2 aliphatic rings. The molecule has 28 heteroatoms. The first-order valence-corrected chi connectivity index (χ1v) is 29.0. The van der Waals surface area contributed by atoms with Crippen LogP contribution in [0, 0.1) is 0 Å². The molecule has 8 bridgehead atoms. The molecule has 2 aliphatic heterocycles. The molecule has 11 aromatic rings. The molecular formula is C56H30Cl12N12O4+4. The summed E-state index contributed by atoms with van der Waals surface area (Å²) < 4.78 is 32.7.